The number of hydrogen-bond donors (Lipinski definition) is 0. The molecule has 3 rings (SSSR count). The molecule has 0 fully saturated rings. The van der Waals surface area contributed by atoms with E-state index in [1.807, 2.05) is 12.1 Å². The monoisotopic (exact) mass is 404 g/mol. The lowest BCUT2D eigenvalue weighted by atomic mass is 9.96. The number of alkyl halides is 7. The lowest BCUT2D eigenvalue weighted by Crippen LogP contribution is -2.56. The molecule has 0 heterocycles. The number of rotatable bonds is 5. The Labute approximate surface area is 154 Å². The molecule has 1 aliphatic rings. The van der Waals surface area contributed by atoms with Crippen molar-refractivity contribution in [2.75, 3.05) is 0 Å². The molecule has 2 nitrogen and oxygen atoms in total. The van der Waals surface area contributed by atoms with Crippen LogP contribution in [0.1, 0.15) is 27.9 Å². The smallest absolute Gasteiger partial charge is 0.294 e. The van der Waals surface area contributed by atoms with Gasteiger partial charge in [0.25, 0.3) is 0 Å². The minimum Gasteiger partial charge on any atom is -0.294 e. The van der Waals surface area contributed by atoms with Crippen LogP contribution in [0.4, 0.5) is 30.7 Å². The third kappa shape index (κ3) is 3.08. The van der Waals surface area contributed by atoms with Gasteiger partial charge >= 0.3 is 18.0 Å². The molecule has 0 spiro atoms. The van der Waals surface area contributed by atoms with E-state index in [9.17, 15) is 40.3 Å². The van der Waals surface area contributed by atoms with Gasteiger partial charge < -0.3 is 0 Å². The Hall–Kier alpha value is -2.71. The third-order valence-corrected chi connectivity index (χ3v) is 4.54. The number of carbonyl (C=O) groups is 2. The number of fused-ring (bicyclic) bond motifs is 3. The maximum Gasteiger partial charge on any atom is 0.460 e. The lowest BCUT2D eigenvalue weighted by molar-refractivity contribution is -0.343. The highest BCUT2D eigenvalue weighted by Crippen LogP contribution is 2.47. The van der Waals surface area contributed by atoms with Crippen molar-refractivity contribution < 1.29 is 40.3 Å². The van der Waals surface area contributed by atoms with E-state index in [2.05, 4.69) is 0 Å². The Balaban J connectivity index is 1.81. The van der Waals surface area contributed by atoms with Crippen molar-refractivity contribution in [2.45, 2.75) is 30.9 Å². The van der Waals surface area contributed by atoms with Crippen LogP contribution in [0.15, 0.2) is 42.5 Å². The van der Waals surface area contributed by atoms with Crippen LogP contribution < -0.4 is 0 Å². The first-order chi connectivity index (χ1) is 12.9. The second-order valence-electron chi connectivity index (χ2n) is 6.38. The quantitative estimate of drug-likeness (QED) is 0.332. The average Bonchev–Trinajstić information content (AvgIpc) is 2.98. The van der Waals surface area contributed by atoms with Gasteiger partial charge in [-0.15, -0.1) is 0 Å². The summed E-state index contributed by atoms with van der Waals surface area (Å²) in [4.78, 5) is 23.5. The van der Waals surface area contributed by atoms with Crippen molar-refractivity contribution in [2.24, 2.45) is 0 Å². The van der Waals surface area contributed by atoms with Gasteiger partial charge in [0.2, 0.25) is 5.78 Å². The number of halogens is 7. The topological polar surface area (TPSA) is 34.1 Å². The highest BCUT2D eigenvalue weighted by atomic mass is 19.4. The van der Waals surface area contributed by atoms with Crippen molar-refractivity contribution in [3.05, 3.63) is 59.2 Å². The summed E-state index contributed by atoms with van der Waals surface area (Å²) < 4.78 is 89.1. The Bertz CT molecular complexity index is 961. The van der Waals surface area contributed by atoms with Crippen LogP contribution in [0.5, 0.6) is 0 Å². The largest absolute Gasteiger partial charge is 0.460 e. The molecule has 9 heteroatoms. The number of carbonyl (C=O) groups excluding carboxylic acids is 2. The predicted molar refractivity (Wildman–Crippen MR) is 84.6 cm³/mol. The van der Waals surface area contributed by atoms with Gasteiger partial charge in [0.15, 0.2) is 5.78 Å². The maximum absolute atomic E-state index is 13.4. The van der Waals surface area contributed by atoms with Gasteiger partial charge in [0.1, 0.15) is 0 Å². The van der Waals surface area contributed by atoms with E-state index in [-0.39, 0.29) is 5.56 Å². The van der Waals surface area contributed by atoms with Crippen molar-refractivity contribution in [3.63, 3.8) is 0 Å². The zero-order chi connectivity index (χ0) is 20.9. The Morgan fingerprint density at radius 2 is 1.43 bits per heavy atom. The van der Waals surface area contributed by atoms with Crippen molar-refractivity contribution in [1.82, 2.24) is 0 Å². The van der Waals surface area contributed by atoms with Gasteiger partial charge in [-0.25, -0.2) is 0 Å². The fraction of sp³-hybridized carbons (Fsp3) is 0.263. The predicted octanol–water partition coefficient (Wildman–Crippen LogP) is 5.23. The van der Waals surface area contributed by atoms with E-state index < -0.39 is 36.0 Å². The van der Waals surface area contributed by atoms with Crippen LogP contribution in [0.3, 0.4) is 0 Å². The molecule has 2 aromatic carbocycles. The number of benzene rings is 2. The molecule has 2 aromatic rings. The molecule has 0 amide bonds. The summed E-state index contributed by atoms with van der Waals surface area (Å²) >= 11 is 0. The molecule has 0 N–H and O–H groups in total. The van der Waals surface area contributed by atoms with E-state index >= 15 is 0 Å². The molecule has 28 heavy (non-hydrogen) atoms. The molecule has 148 valence electrons. The summed E-state index contributed by atoms with van der Waals surface area (Å²) in [6.45, 7) is 0. The zero-order valence-corrected chi connectivity index (χ0v) is 13.9. The lowest BCUT2D eigenvalue weighted by Gasteiger charge is -2.26. The fourth-order valence-corrected chi connectivity index (χ4v) is 3.03. The molecule has 0 radical (unpaired) electrons. The first kappa shape index (κ1) is 20.0. The fourth-order valence-electron chi connectivity index (χ4n) is 3.03. The molecule has 0 aromatic heterocycles. The van der Waals surface area contributed by atoms with E-state index in [1.165, 1.54) is 18.2 Å². The first-order valence-corrected chi connectivity index (χ1v) is 7.96. The van der Waals surface area contributed by atoms with E-state index in [0.29, 0.717) is 12.0 Å². The molecule has 0 saturated heterocycles. The van der Waals surface area contributed by atoms with Crippen LogP contribution in [0, 0.1) is 0 Å². The Morgan fingerprint density at radius 1 is 0.821 bits per heavy atom. The minimum atomic E-state index is -6.63. The molecule has 0 aliphatic heterocycles. The molecule has 0 bridgehead atoms. The van der Waals surface area contributed by atoms with Crippen molar-refractivity contribution in [1.29, 1.82) is 0 Å². The van der Waals surface area contributed by atoms with E-state index in [4.69, 9.17) is 0 Å². The van der Waals surface area contributed by atoms with Gasteiger partial charge in [0.05, 0.1) is 6.42 Å². The van der Waals surface area contributed by atoms with Crippen molar-refractivity contribution in [3.8, 4) is 11.1 Å². The highest BCUT2D eigenvalue weighted by Gasteiger charge is 2.75. The van der Waals surface area contributed by atoms with Gasteiger partial charge in [0, 0.05) is 5.56 Å². The maximum atomic E-state index is 13.4. The van der Waals surface area contributed by atoms with Crippen molar-refractivity contribution >= 4 is 11.6 Å². The van der Waals surface area contributed by atoms with Crippen LogP contribution in [0.25, 0.3) is 11.1 Å². The summed E-state index contributed by atoms with van der Waals surface area (Å²) in [6.07, 6.45) is -7.97. The molecular formula is C19H11F7O2. The van der Waals surface area contributed by atoms with Crippen LogP contribution >= 0.6 is 0 Å². The van der Waals surface area contributed by atoms with Gasteiger partial charge in [-0.3, -0.25) is 9.59 Å². The van der Waals surface area contributed by atoms with E-state index in [0.717, 1.165) is 16.7 Å². The van der Waals surface area contributed by atoms with Crippen LogP contribution in [-0.2, 0) is 11.2 Å². The number of ketones is 2. The normalized spacial score (nSPS) is 13.8. The summed E-state index contributed by atoms with van der Waals surface area (Å²) in [5.74, 6) is -16.7. The summed E-state index contributed by atoms with van der Waals surface area (Å²) in [5, 5.41) is 0. The summed E-state index contributed by atoms with van der Waals surface area (Å²) in [6, 6.07) is 11.3. The molecule has 0 saturated carbocycles. The standard InChI is InChI=1S/C19H11F7O2/c20-17(21,18(22,23)19(24,25)26)16(28)9-15(27)11-5-6-14-12(8-11)7-10-3-1-2-4-13(10)14/h1-6,8H,7,9H2. The van der Waals surface area contributed by atoms with Gasteiger partial charge in [-0.1, -0.05) is 36.4 Å². The zero-order valence-electron chi connectivity index (χ0n) is 13.9. The number of hydrogen-bond acceptors (Lipinski definition) is 2. The average molecular weight is 404 g/mol. The highest BCUT2D eigenvalue weighted by molar-refractivity contribution is 6.10. The molecular weight excluding hydrogens is 393 g/mol. The van der Waals surface area contributed by atoms with Crippen LogP contribution in [-0.4, -0.2) is 29.6 Å². The van der Waals surface area contributed by atoms with Crippen LogP contribution in [0.2, 0.25) is 0 Å². The SMILES string of the molecule is O=C(CC(=O)C(F)(F)C(F)(F)C(F)(F)F)c1ccc2c(c1)Cc1ccccc1-2. The summed E-state index contributed by atoms with van der Waals surface area (Å²) in [7, 11) is 0. The molecule has 0 unspecified atom stereocenters. The summed E-state index contributed by atoms with van der Waals surface area (Å²) in [5.41, 5.74) is 3.09. The van der Waals surface area contributed by atoms with Gasteiger partial charge in [-0.2, -0.15) is 30.7 Å². The van der Waals surface area contributed by atoms with E-state index in [1.54, 1.807) is 12.1 Å². The molecule has 1 aliphatic carbocycles. The second kappa shape index (κ2) is 6.42. The Kier molecular flexibility index (Phi) is 4.60. The second-order valence-corrected chi connectivity index (χ2v) is 6.38. The minimum absolute atomic E-state index is 0.217. The van der Waals surface area contributed by atoms with Gasteiger partial charge in [-0.05, 0) is 34.7 Å². The first-order valence-electron chi connectivity index (χ1n) is 7.96. The molecule has 0 atom stereocenters. The third-order valence-electron chi connectivity index (χ3n) is 4.54. The Morgan fingerprint density at radius 3 is 2.07 bits per heavy atom. The number of Topliss-reactive ketones (excluding diaryl/α,β-unsaturated/α-hetero) is 2.